The third kappa shape index (κ3) is 12.8. The van der Waals surface area contributed by atoms with Crippen LogP contribution in [-0.4, -0.2) is 39.0 Å². The van der Waals surface area contributed by atoms with E-state index in [1.807, 2.05) is 36.4 Å². The van der Waals surface area contributed by atoms with Crippen LogP contribution in [0, 0.1) is 0 Å². The first-order chi connectivity index (χ1) is 58.4. The second kappa shape index (κ2) is 29.4. The van der Waals surface area contributed by atoms with Gasteiger partial charge >= 0.3 is 0 Å². The average molecular weight is 1530 g/mol. The van der Waals surface area contributed by atoms with E-state index in [1.54, 1.807) is 11.3 Å². The summed E-state index contributed by atoms with van der Waals surface area (Å²) in [5.41, 5.74) is 25.4. The van der Waals surface area contributed by atoms with Gasteiger partial charge in [0.15, 0.2) is 34.9 Å². The van der Waals surface area contributed by atoms with Gasteiger partial charge in [-0.25, -0.2) is 29.9 Å². The lowest BCUT2D eigenvalue weighted by Crippen LogP contribution is -2.00. The van der Waals surface area contributed by atoms with Crippen molar-refractivity contribution in [3.63, 3.8) is 0 Å². The minimum absolute atomic E-state index is 0.580. The summed E-state index contributed by atoms with van der Waals surface area (Å²) in [6.45, 7) is 0. The Morgan fingerprint density at radius 1 is 0.169 bits per heavy atom. The predicted octanol–water partition coefficient (Wildman–Crippen LogP) is 28.5. The van der Waals surface area contributed by atoms with Gasteiger partial charge in [0.05, 0.1) is 22.1 Å². The van der Waals surface area contributed by atoms with Crippen molar-refractivity contribution < 1.29 is 4.42 Å². The van der Waals surface area contributed by atoms with Crippen LogP contribution in [0.5, 0.6) is 0 Å². The number of furan rings is 1. The Labute approximate surface area is 683 Å². The molecule has 0 fully saturated rings. The van der Waals surface area contributed by atoms with Crippen molar-refractivity contribution in [1.29, 1.82) is 0 Å². The van der Waals surface area contributed by atoms with E-state index in [0.717, 1.165) is 111 Å². The Morgan fingerprint density at radius 2 is 0.449 bits per heavy atom. The molecule has 0 bridgehead atoms. The fraction of sp³-hybridized carbons (Fsp3) is 0. The molecule has 6 aromatic heterocycles. The minimum atomic E-state index is 0.580. The van der Waals surface area contributed by atoms with Crippen molar-refractivity contribution in [2.75, 3.05) is 0 Å². The highest BCUT2D eigenvalue weighted by atomic mass is 32.1. The SMILES string of the molecule is c1ccc(-c2ccc(-c3ccc(-c4nc(-c5cccc(-c6cccc(-n7c8ccccc8c8ccccc87)c6)c5)nc(-c5ccc6c(c5)sc5ccccc56)n4)cc3)cc2)cc1.c1ccc(-c2cccc(-c3nc(-c4cccc(-c5cccc(-n6c7ccccc7c7ccccc76)c5)c4)nc(-c4ccc5c(c4)oc4ccccc45)n3)c2)cc1. The third-order valence-corrected chi connectivity index (χ3v) is 23.7. The summed E-state index contributed by atoms with van der Waals surface area (Å²) >= 11 is 1.80. The van der Waals surface area contributed by atoms with Crippen LogP contribution < -0.4 is 0 Å². The van der Waals surface area contributed by atoms with E-state index in [4.69, 9.17) is 34.3 Å². The Hall–Kier alpha value is -15.6. The lowest BCUT2D eigenvalue weighted by Gasteiger charge is -2.12. The van der Waals surface area contributed by atoms with Crippen LogP contribution in [0.1, 0.15) is 0 Å². The van der Waals surface area contributed by atoms with E-state index < -0.39 is 0 Å². The number of rotatable bonds is 13. The van der Waals surface area contributed by atoms with Crippen LogP contribution in [0.25, 0.3) is 221 Å². The number of hydrogen-bond donors (Lipinski definition) is 0. The number of para-hydroxylation sites is 5. The number of fused-ring (bicyclic) bond motifs is 12. The van der Waals surface area contributed by atoms with Gasteiger partial charge in [0.2, 0.25) is 0 Å². The first kappa shape index (κ1) is 69.1. The number of thiophene rings is 1. The zero-order valence-corrected chi connectivity index (χ0v) is 64.5. The Bertz CT molecular complexity index is 7710. The Balaban J connectivity index is 0.000000143. The van der Waals surface area contributed by atoms with E-state index in [2.05, 4.69) is 385 Å². The molecule has 0 aliphatic rings. The molecule has 0 aliphatic carbocycles. The van der Waals surface area contributed by atoms with E-state index in [-0.39, 0.29) is 0 Å². The summed E-state index contributed by atoms with van der Waals surface area (Å²) in [4.78, 5) is 30.9. The van der Waals surface area contributed by atoms with E-state index in [1.165, 1.54) is 74.9 Å². The zero-order chi connectivity index (χ0) is 78.0. The van der Waals surface area contributed by atoms with Crippen molar-refractivity contribution in [2.24, 2.45) is 0 Å². The summed E-state index contributed by atoms with van der Waals surface area (Å²) in [6, 6.07) is 145. The van der Waals surface area contributed by atoms with Crippen molar-refractivity contribution in [3.05, 3.63) is 413 Å². The van der Waals surface area contributed by atoms with Crippen LogP contribution in [0.3, 0.4) is 0 Å². The van der Waals surface area contributed by atoms with Gasteiger partial charge in [-0.05, 0) is 153 Å². The van der Waals surface area contributed by atoms with Crippen LogP contribution in [0.4, 0.5) is 0 Å². The van der Waals surface area contributed by atoms with Crippen molar-refractivity contribution in [1.82, 2.24) is 39.0 Å². The molecule has 0 saturated carbocycles. The van der Waals surface area contributed by atoms with Crippen LogP contribution in [0.15, 0.2) is 417 Å². The highest BCUT2D eigenvalue weighted by Crippen LogP contribution is 2.42. The first-order valence-corrected chi connectivity index (χ1v) is 40.4. The molecule has 6 heterocycles. The van der Waals surface area contributed by atoms with Crippen LogP contribution in [0.2, 0.25) is 0 Å². The highest BCUT2D eigenvalue weighted by molar-refractivity contribution is 7.25. The summed E-state index contributed by atoms with van der Waals surface area (Å²) in [6.07, 6.45) is 0. The number of benzene rings is 17. The molecular weight excluding hydrogens is 1460 g/mol. The van der Waals surface area contributed by atoms with Gasteiger partial charge in [-0.3, -0.25) is 0 Å². The molecule has 0 amide bonds. The van der Waals surface area contributed by atoms with Crippen molar-refractivity contribution in [3.8, 4) is 135 Å². The average Bonchev–Trinajstić information content (AvgIpc) is 1.60. The van der Waals surface area contributed by atoms with E-state index in [9.17, 15) is 0 Å². The lowest BCUT2D eigenvalue weighted by atomic mass is 9.99. The predicted molar refractivity (Wildman–Crippen MR) is 488 cm³/mol. The third-order valence-electron chi connectivity index (χ3n) is 22.5. The monoisotopic (exact) mass is 1520 g/mol. The quantitative estimate of drug-likeness (QED) is 0.113. The molecule has 0 radical (unpaired) electrons. The molecule has 0 unspecified atom stereocenters. The van der Waals surface area contributed by atoms with Crippen molar-refractivity contribution >= 4 is 97.1 Å². The van der Waals surface area contributed by atoms with Crippen molar-refractivity contribution in [2.45, 2.75) is 0 Å². The summed E-state index contributed by atoms with van der Waals surface area (Å²) in [5, 5.41) is 9.63. The highest BCUT2D eigenvalue weighted by Gasteiger charge is 2.21. The molecule has 552 valence electrons. The molecule has 10 heteroatoms. The number of hydrogen-bond acceptors (Lipinski definition) is 8. The minimum Gasteiger partial charge on any atom is -0.456 e. The van der Waals surface area contributed by atoms with Gasteiger partial charge in [-0.2, -0.15) is 0 Å². The fourth-order valence-electron chi connectivity index (χ4n) is 16.7. The molecular formula is C108H68N8OS. The molecule has 23 rings (SSSR count). The smallest absolute Gasteiger partial charge is 0.164 e. The van der Waals surface area contributed by atoms with Gasteiger partial charge in [-0.1, -0.05) is 315 Å². The standard InChI is InChI=1S/C57H36N4S.C51H32N4O/c1-2-12-37(13-3-1)38-24-26-39(27-25-38)40-28-30-41(31-29-40)55-58-56(60-57(59-55)45-32-33-50-49-20-6-9-23-53(49)62-54(50)36-45)44-16-10-14-42(34-44)43-15-11-17-46(35-43)61-51-21-7-4-18-47(51)48-19-5-8-22-52(48)61;1-2-13-33(14-3-1)34-15-10-18-37(29-34)49-52-50(54-51(53-49)39-27-28-44-43-23-6-9-26-47(43)56-48(44)32-39)38-19-11-16-35(30-38)36-17-12-20-40(31-36)55-45-24-7-4-21-41(45)42-22-5-8-25-46(42)55/h1-36H;1-32H. The molecule has 9 nitrogen and oxygen atoms in total. The lowest BCUT2D eigenvalue weighted by molar-refractivity contribution is 0.669. The first-order valence-electron chi connectivity index (χ1n) is 39.6. The zero-order valence-electron chi connectivity index (χ0n) is 63.7. The fourth-order valence-corrected chi connectivity index (χ4v) is 17.9. The molecule has 118 heavy (non-hydrogen) atoms. The topological polar surface area (TPSA) is 100 Å². The number of aromatic nitrogens is 8. The molecule has 0 atom stereocenters. The van der Waals surface area contributed by atoms with E-state index >= 15 is 0 Å². The molecule has 0 aliphatic heterocycles. The summed E-state index contributed by atoms with van der Waals surface area (Å²) in [5.74, 6) is 3.68. The maximum absolute atomic E-state index is 6.28. The van der Waals surface area contributed by atoms with Gasteiger partial charge in [0, 0.05) is 97.2 Å². The molecule has 23 aromatic rings. The van der Waals surface area contributed by atoms with Crippen LogP contribution in [-0.2, 0) is 0 Å². The largest absolute Gasteiger partial charge is 0.456 e. The summed E-state index contributed by atoms with van der Waals surface area (Å²) in [7, 11) is 0. The van der Waals surface area contributed by atoms with Gasteiger partial charge < -0.3 is 13.6 Å². The Morgan fingerprint density at radius 3 is 0.907 bits per heavy atom. The second-order valence-corrected chi connectivity index (χ2v) is 30.8. The maximum Gasteiger partial charge on any atom is 0.164 e. The van der Waals surface area contributed by atoms with Gasteiger partial charge in [-0.15, -0.1) is 11.3 Å². The molecule has 0 spiro atoms. The van der Waals surface area contributed by atoms with E-state index in [0.29, 0.717) is 34.9 Å². The normalized spacial score (nSPS) is 11.6. The molecule has 0 N–H and O–H groups in total. The van der Waals surface area contributed by atoms with Gasteiger partial charge in [0.25, 0.3) is 0 Å². The molecule has 0 saturated heterocycles. The summed E-state index contributed by atoms with van der Waals surface area (Å²) < 4.78 is 13.5. The van der Waals surface area contributed by atoms with Crippen LogP contribution >= 0.6 is 11.3 Å². The molecule has 17 aromatic carbocycles. The maximum atomic E-state index is 6.28. The second-order valence-electron chi connectivity index (χ2n) is 29.7. The number of nitrogens with zero attached hydrogens (tertiary/aromatic N) is 8. The van der Waals surface area contributed by atoms with Gasteiger partial charge in [0.1, 0.15) is 11.2 Å². The Kier molecular flexibility index (Phi) is 17.2.